The van der Waals surface area contributed by atoms with Crippen molar-refractivity contribution in [3.8, 4) is 11.1 Å². The van der Waals surface area contributed by atoms with E-state index in [0.29, 0.717) is 0 Å². The summed E-state index contributed by atoms with van der Waals surface area (Å²) in [5, 5.41) is 23.7. The van der Waals surface area contributed by atoms with Crippen molar-refractivity contribution in [1.29, 1.82) is 0 Å². The molecule has 0 saturated heterocycles. The van der Waals surface area contributed by atoms with Gasteiger partial charge in [-0.3, -0.25) is 4.79 Å². The van der Waals surface area contributed by atoms with Crippen LogP contribution < -0.4 is 10.6 Å². The zero-order chi connectivity index (χ0) is 24.8. The van der Waals surface area contributed by atoms with Gasteiger partial charge in [-0.05, 0) is 41.0 Å². The molecular formula is C27H32N2O6. The Morgan fingerprint density at radius 2 is 1.60 bits per heavy atom. The van der Waals surface area contributed by atoms with Gasteiger partial charge in [-0.15, -0.1) is 0 Å². The van der Waals surface area contributed by atoms with E-state index >= 15 is 0 Å². The van der Waals surface area contributed by atoms with E-state index in [1.54, 1.807) is 0 Å². The van der Waals surface area contributed by atoms with Crippen molar-refractivity contribution in [2.24, 2.45) is 5.92 Å². The second kappa shape index (κ2) is 11.4. The van der Waals surface area contributed by atoms with Crippen LogP contribution in [-0.2, 0) is 14.3 Å². The van der Waals surface area contributed by atoms with Crippen LogP contribution >= 0.6 is 0 Å². The lowest BCUT2D eigenvalue weighted by atomic mass is 9.82. The second-order valence-electron chi connectivity index (χ2n) is 9.32. The topological polar surface area (TPSA) is 125 Å². The minimum atomic E-state index is -1.49. The van der Waals surface area contributed by atoms with E-state index in [-0.39, 0.29) is 49.8 Å². The summed E-state index contributed by atoms with van der Waals surface area (Å²) >= 11 is 0. The summed E-state index contributed by atoms with van der Waals surface area (Å²) in [6, 6.07) is 16.2. The summed E-state index contributed by atoms with van der Waals surface area (Å²) in [4.78, 5) is 35.7. The molecule has 2 aromatic rings. The number of carbonyl (C=O) groups is 3. The fourth-order valence-electron chi connectivity index (χ4n) is 5.22. The number of amides is 2. The van der Waals surface area contributed by atoms with Crippen molar-refractivity contribution in [3.63, 3.8) is 0 Å². The fraction of sp³-hybridized carbons (Fsp3) is 0.444. The molecule has 1 saturated carbocycles. The lowest BCUT2D eigenvalue weighted by molar-refractivity contribution is -0.147. The molecule has 8 nitrogen and oxygen atoms in total. The number of aliphatic hydroxyl groups excluding tert-OH is 1. The first-order valence-corrected chi connectivity index (χ1v) is 12.2. The predicted molar refractivity (Wildman–Crippen MR) is 130 cm³/mol. The molecule has 8 heteroatoms. The number of nitrogens with one attached hydrogen (secondary N) is 2. The number of carboxylic acid groups (broad SMARTS) is 1. The number of carbonyl (C=O) groups excluding carboxylic acids is 2. The minimum absolute atomic E-state index is 0.0118. The summed E-state index contributed by atoms with van der Waals surface area (Å²) < 4.78 is 5.68. The third-order valence-electron chi connectivity index (χ3n) is 7.03. The quantitative estimate of drug-likeness (QED) is 0.436. The highest BCUT2D eigenvalue weighted by Gasteiger charge is 2.31. The number of aliphatic carboxylic acids is 1. The van der Waals surface area contributed by atoms with Crippen molar-refractivity contribution in [2.75, 3.05) is 13.2 Å². The predicted octanol–water partition coefficient (Wildman–Crippen LogP) is 3.43. The van der Waals surface area contributed by atoms with Gasteiger partial charge >= 0.3 is 12.1 Å². The van der Waals surface area contributed by atoms with Crippen molar-refractivity contribution < 1.29 is 29.3 Å². The zero-order valence-corrected chi connectivity index (χ0v) is 19.6. The van der Waals surface area contributed by atoms with Gasteiger partial charge in [0.05, 0.1) is 0 Å². The van der Waals surface area contributed by atoms with Crippen molar-refractivity contribution in [2.45, 2.75) is 56.6 Å². The third-order valence-corrected chi connectivity index (χ3v) is 7.03. The van der Waals surface area contributed by atoms with Gasteiger partial charge in [0.15, 0.2) is 6.10 Å². The summed E-state index contributed by atoms with van der Waals surface area (Å²) in [5.41, 5.74) is 4.65. The van der Waals surface area contributed by atoms with Crippen molar-refractivity contribution in [1.82, 2.24) is 10.6 Å². The molecule has 35 heavy (non-hydrogen) atoms. The SMILES string of the molecule is O=C(C[C@H]1CCCC[C@H]1NC(=O)OCC1c2ccccc2-c2ccccc21)NCCC(O)C(=O)O. The molecule has 0 aromatic heterocycles. The molecule has 2 amide bonds. The van der Waals surface area contributed by atoms with Crippen LogP contribution in [0.3, 0.4) is 0 Å². The highest BCUT2D eigenvalue weighted by Crippen LogP contribution is 2.44. The van der Waals surface area contributed by atoms with Gasteiger partial charge in [0, 0.05) is 31.3 Å². The molecule has 0 heterocycles. The second-order valence-corrected chi connectivity index (χ2v) is 9.32. The van der Waals surface area contributed by atoms with Crippen molar-refractivity contribution >= 4 is 18.0 Å². The number of benzene rings is 2. The molecule has 0 radical (unpaired) electrons. The maximum Gasteiger partial charge on any atom is 0.407 e. The molecule has 0 aliphatic heterocycles. The monoisotopic (exact) mass is 480 g/mol. The maximum absolute atomic E-state index is 12.7. The molecule has 0 bridgehead atoms. The zero-order valence-electron chi connectivity index (χ0n) is 19.6. The summed E-state index contributed by atoms with van der Waals surface area (Å²) in [6.07, 6.45) is 1.77. The number of fused-ring (bicyclic) bond motifs is 3. The Hall–Kier alpha value is -3.39. The van der Waals surface area contributed by atoms with E-state index in [4.69, 9.17) is 9.84 Å². The molecule has 4 rings (SSSR count). The van der Waals surface area contributed by atoms with E-state index in [2.05, 4.69) is 34.9 Å². The molecule has 186 valence electrons. The Kier molecular flexibility index (Phi) is 8.02. The van der Waals surface area contributed by atoms with Crippen LogP contribution in [0.1, 0.15) is 55.6 Å². The molecule has 0 spiro atoms. The first-order valence-electron chi connectivity index (χ1n) is 12.2. The summed E-state index contributed by atoms with van der Waals surface area (Å²) in [5.74, 6) is -1.55. The van der Waals surface area contributed by atoms with Gasteiger partial charge in [-0.25, -0.2) is 9.59 Å². The Labute approximate surface area is 204 Å². The van der Waals surface area contributed by atoms with Crippen LogP contribution in [-0.4, -0.2) is 53.5 Å². The van der Waals surface area contributed by atoms with Crippen molar-refractivity contribution in [3.05, 3.63) is 59.7 Å². The Morgan fingerprint density at radius 3 is 2.26 bits per heavy atom. The average Bonchev–Trinajstić information content (AvgIpc) is 3.17. The van der Waals surface area contributed by atoms with Gasteiger partial charge in [-0.2, -0.15) is 0 Å². The van der Waals surface area contributed by atoms with Crippen LogP contribution in [0.25, 0.3) is 11.1 Å². The molecule has 2 aliphatic rings. The van der Waals surface area contributed by atoms with E-state index in [0.717, 1.165) is 36.8 Å². The number of aliphatic hydroxyl groups is 1. The number of rotatable bonds is 9. The van der Waals surface area contributed by atoms with Gasteiger partial charge in [0.1, 0.15) is 6.61 Å². The summed E-state index contributed by atoms with van der Waals surface area (Å²) in [7, 11) is 0. The minimum Gasteiger partial charge on any atom is -0.479 e. The maximum atomic E-state index is 12.7. The Bertz CT molecular complexity index is 1030. The van der Waals surface area contributed by atoms with Crippen LogP contribution in [0, 0.1) is 5.92 Å². The fourth-order valence-corrected chi connectivity index (χ4v) is 5.22. The highest BCUT2D eigenvalue weighted by atomic mass is 16.5. The first-order chi connectivity index (χ1) is 16.9. The van der Waals surface area contributed by atoms with Gasteiger partial charge in [0.2, 0.25) is 5.91 Å². The van der Waals surface area contributed by atoms with Crippen LogP contribution in [0.15, 0.2) is 48.5 Å². The lowest BCUT2D eigenvalue weighted by Crippen LogP contribution is -2.44. The number of ether oxygens (including phenoxy) is 1. The molecule has 2 aromatic carbocycles. The van der Waals surface area contributed by atoms with Gasteiger partial charge in [0.25, 0.3) is 0 Å². The molecule has 3 atom stereocenters. The van der Waals surface area contributed by atoms with Gasteiger partial charge < -0.3 is 25.6 Å². The number of hydrogen-bond acceptors (Lipinski definition) is 5. The molecule has 1 unspecified atom stereocenters. The molecule has 2 aliphatic carbocycles. The number of alkyl carbamates (subject to hydrolysis) is 1. The normalized spacial score (nSPS) is 19.8. The summed E-state index contributed by atoms with van der Waals surface area (Å²) in [6.45, 7) is 0.327. The first kappa shape index (κ1) is 24.7. The van der Waals surface area contributed by atoms with Crippen LogP contribution in [0.4, 0.5) is 4.79 Å². The Morgan fingerprint density at radius 1 is 0.971 bits per heavy atom. The van der Waals surface area contributed by atoms with E-state index in [1.807, 2.05) is 24.3 Å². The molecular weight excluding hydrogens is 448 g/mol. The van der Waals surface area contributed by atoms with Gasteiger partial charge in [-0.1, -0.05) is 61.4 Å². The lowest BCUT2D eigenvalue weighted by Gasteiger charge is -2.31. The molecule has 4 N–H and O–H groups in total. The number of carboxylic acids is 1. The largest absolute Gasteiger partial charge is 0.479 e. The van der Waals surface area contributed by atoms with E-state index in [9.17, 15) is 19.5 Å². The van der Waals surface area contributed by atoms with Crippen LogP contribution in [0.5, 0.6) is 0 Å². The third kappa shape index (κ3) is 6.00. The number of hydrogen-bond donors (Lipinski definition) is 4. The standard InChI is InChI=1S/C27H32N2O6/c30-24(26(32)33)13-14-28-25(31)15-17-7-1-6-12-23(17)29-27(34)35-16-22-20-10-4-2-8-18(20)19-9-3-5-11-21(19)22/h2-5,8-11,17,22-24,30H,1,6-7,12-16H2,(H,28,31)(H,29,34)(H,32,33)/t17-,23-,24?/m1/s1. The molecule has 1 fully saturated rings. The Balaban J connectivity index is 1.29. The van der Waals surface area contributed by atoms with E-state index in [1.165, 1.54) is 11.1 Å². The van der Waals surface area contributed by atoms with Crippen LogP contribution in [0.2, 0.25) is 0 Å². The van der Waals surface area contributed by atoms with E-state index < -0.39 is 18.2 Å². The highest BCUT2D eigenvalue weighted by molar-refractivity contribution is 5.79. The smallest absolute Gasteiger partial charge is 0.407 e. The average molecular weight is 481 g/mol.